The third-order valence-corrected chi connectivity index (χ3v) is 4.99. The van der Waals surface area contributed by atoms with Gasteiger partial charge >= 0.3 is 0 Å². The third kappa shape index (κ3) is 1.63. The van der Waals surface area contributed by atoms with Crippen molar-refractivity contribution in [2.75, 3.05) is 26.3 Å². The highest BCUT2D eigenvalue weighted by atomic mass is 16.6. The molecule has 3 atom stereocenters. The van der Waals surface area contributed by atoms with Crippen LogP contribution in [0, 0.1) is 11.1 Å². The summed E-state index contributed by atoms with van der Waals surface area (Å²) in [4.78, 5) is 2.08. The van der Waals surface area contributed by atoms with Crippen molar-refractivity contribution in [3.63, 3.8) is 0 Å². The van der Waals surface area contributed by atoms with Crippen LogP contribution in [0.15, 0.2) is 4.63 Å². The maximum absolute atomic E-state index is 12.7. The molecule has 0 aromatic carbocycles. The van der Waals surface area contributed by atoms with E-state index in [0.29, 0.717) is 56.2 Å². The molecule has 2 aliphatic heterocycles. The van der Waals surface area contributed by atoms with Gasteiger partial charge in [0.25, 0.3) is 0 Å². The normalized spacial score (nSPS) is 36.7. The molecule has 0 saturated carbocycles. The van der Waals surface area contributed by atoms with E-state index in [1.54, 1.807) is 0 Å². The first-order chi connectivity index (χ1) is 10.1. The van der Waals surface area contributed by atoms with Crippen molar-refractivity contribution in [2.45, 2.75) is 31.5 Å². The van der Waals surface area contributed by atoms with Crippen LogP contribution >= 0.6 is 0 Å². The van der Waals surface area contributed by atoms with Crippen molar-refractivity contribution in [2.24, 2.45) is 5.92 Å². The van der Waals surface area contributed by atoms with Crippen LogP contribution in [0.5, 0.6) is 0 Å². The monoisotopic (exact) mass is 294 g/mol. The van der Waals surface area contributed by atoms with Crippen LogP contribution in [-0.2, 0) is 16.8 Å². The Morgan fingerprint density at radius 3 is 2.86 bits per heavy atom. The van der Waals surface area contributed by atoms with Crippen LogP contribution in [0.25, 0.3) is 0 Å². The molecule has 8 nitrogen and oxygen atoms in total. The summed E-state index contributed by atoms with van der Waals surface area (Å²) in [5.41, 5.74) is 0.185. The minimum Gasteiger partial charge on any atom is -0.623 e. The lowest BCUT2D eigenvalue weighted by molar-refractivity contribution is -0.531. The number of aliphatic hydroxyl groups is 1. The fourth-order valence-electron chi connectivity index (χ4n) is 3.87. The second-order valence-corrected chi connectivity index (χ2v) is 5.95. The van der Waals surface area contributed by atoms with E-state index in [0.717, 1.165) is 4.74 Å². The number of ether oxygens (including phenoxy) is 1. The van der Waals surface area contributed by atoms with E-state index in [4.69, 9.17) is 9.37 Å². The number of morpholine rings is 1. The van der Waals surface area contributed by atoms with Gasteiger partial charge in [0.1, 0.15) is 5.69 Å². The largest absolute Gasteiger partial charge is 0.623 e. The summed E-state index contributed by atoms with van der Waals surface area (Å²) >= 11 is 0. The molecule has 1 aromatic heterocycles. The van der Waals surface area contributed by atoms with Gasteiger partial charge in [0, 0.05) is 25.9 Å². The Kier molecular flexibility index (Phi) is 2.82. The molecule has 21 heavy (non-hydrogen) atoms. The summed E-state index contributed by atoms with van der Waals surface area (Å²) in [6.45, 7) is 4.51. The molecule has 8 heteroatoms. The highest BCUT2D eigenvalue weighted by Crippen LogP contribution is 2.44. The SMILES string of the molecule is C[C@@H]1[C@@H](N2CCOCC2)[N+]([O-])=C2CCc3nonc3[C@]21O. The second-order valence-electron chi connectivity index (χ2n) is 5.95. The van der Waals surface area contributed by atoms with E-state index in [-0.39, 0.29) is 5.92 Å². The molecule has 4 rings (SSSR count). The minimum atomic E-state index is -1.36. The molecule has 0 bridgehead atoms. The first-order valence-electron chi connectivity index (χ1n) is 7.32. The molecule has 0 unspecified atom stereocenters. The summed E-state index contributed by atoms with van der Waals surface area (Å²) in [6, 6.07) is 0. The summed E-state index contributed by atoms with van der Waals surface area (Å²) in [5, 5.41) is 31.7. The minimum absolute atomic E-state index is 0.297. The summed E-state index contributed by atoms with van der Waals surface area (Å²) < 4.78 is 11.1. The Hall–Kier alpha value is -1.51. The number of aromatic nitrogens is 2. The first-order valence-corrected chi connectivity index (χ1v) is 7.32. The fourth-order valence-corrected chi connectivity index (χ4v) is 3.87. The van der Waals surface area contributed by atoms with E-state index in [2.05, 4.69) is 15.2 Å². The lowest BCUT2D eigenvalue weighted by Gasteiger charge is -2.34. The molecule has 0 amide bonds. The highest BCUT2D eigenvalue weighted by Gasteiger charge is 2.63. The Bertz CT molecular complexity index is 595. The molecule has 1 N–H and O–H groups in total. The topological polar surface area (TPSA) is 97.7 Å². The van der Waals surface area contributed by atoms with Crippen molar-refractivity contribution in [3.8, 4) is 0 Å². The fraction of sp³-hybridized carbons (Fsp3) is 0.769. The zero-order chi connectivity index (χ0) is 14.6. The molecular weight excluding hydrogens is 276 g/mol. The number of nitrogens with zero attached hydrogens (tertiary/aromatic N) is 4. The van der Waals surface area contributed by atoms with E-state index in [9.17, 15) is 10.3 Å². The maximum atomic E-state index is 12.7. The Morgan fingerprint density at radius 1 is 1.33 bits per heavy atom. The smallest absolute Gasteiger partial charge is 0.226 e. The number of hydrogen-bond acceptors (Lipinski definition) is 7. The summed E-state index contributed by atoms with van der Waals surface area (Å²) in [7, 11) is 0. The van der Waals surface area contributed by atoms with Crippen LogP contribution in [0.1, 0.15) is 24.7 Å². The predicted octanol–water partition coefficient (Wildman–Crippen LogP) is -0.537. The lowest BCUT2D eigenvalue weighted by Crippen LogP contribution is -2.51. The van der Waals surface area contributed by atoms with Crippen LogP contribution in [-0.4, -0.2) is 63.2 Å². The molecule has 114 valence electrons. The van der Waals surface area contributed by atoms with E-state index in [1.807, 2.05) is 6.92 Å². The van der Waals surface area contributed by atoms with E-state index >= 15 is 0 Å². The number of hydroxylamine groups is 1. The van der Waals surface area contributed by atoms with Gasteiger partial charge in [0.2, 0.25) is 17.5 Å². The molecule has 1 aliphatic carbocycles. The molecular formula is C13H18N4O4. The average molecular weight is 294 g/mol. The number of rotatable bonds is 1. The van der Waals surface area contributed by atoms with Gasteiger partial charge in [0.05, 0.1) is 19.1 Å². The molecule has 3 aliphatic rings. The molecule has 1 fully saturated rings. The highest BCUT2D eigenvalue weighted by molar-refractivity contribution is 5.92. The second kappa shape index (κ2) is 4.49. The number of hydrogen-bond donors (Lipinski definition) is 1. The summed E-state index contributed by atoms with van der Waals surface area (Å²) in [6.07, 6.45) is 0.681. The van der Waals surface area contributed by atoms with Crippen molar-refractivity contribution < 1.29 is 19.2 Å². The molecule has 3 heterocycles. The average Bonchev–Trinajstić information content (AvgIpc) is 3.04. The van der Waals surface area contributed by atoms with Gasteiger partial charge < -0.3 is 15.1 Å². The molecule has 0 spiro atoms. The van der Waals surface area contributed by atoms with Crippen LogP contribution < -0.4 is 0 Å². The van der Waals surface area contributed by atoms with Gasteiger partial charge in [-0.3, -0.25) is 0 Å². The van der Waals surface area contributed by atoms with Crippen molar-refractivity contribution >= 4 is 5.71 Å². The zero-order valence-corrected chi connectivity index (χ0v) is 11.9. The molecule has 1 saturated heterocycles. The van der Waals surface area contributed by atoms with Gasteiger partial charge in [-0.15, -0.1) is 0 Å². The molecule has 0 radical (unpaired) electrons. The van der Waals surface area contributed by atoms with Gasteiger partial charge in [-0.1, -0.05) is 17.2 Å². The van der Waals surface area contributed by atoms with Crippen LogP contribution in [0.3, 0.4) is 0 Å². The predicted molar refractivity (Wildman–Crippen MR) is 70.5 cm³/mol. The standard InChI is InChI=1S/C13H18N4O4/c1-8-12(16-4-6-20-7-5-16)17(19)10-3-2-9-11(13(8,10)18)15-21-14-9/h8,12,18H,2-7H2,1H3/t8-,12+,13-/m1/s1. The number of fused-ring (bicyclic) bond motifs is 3. The number of aryl methyl sites for hydroxylation is 1. The maximum Gasteiger partial charge on any atom is 0.226 e. The van der Waals surface area contributed by atoms with Crippen LogP contribution in [0.2, 0.25) is 0 Å². The van der Waals surface area contributed by atoms with Gasteiger partial charge in [-0.05, 0) is 0 Å². The molecule has 1 aromatic rings. The first kappa shape index (κ1) is 13.2. The Labute approximate surface area is 121 Å². The Balaban J connectivity index is 1.77. The van der Waals surface area contributed by atoms with Gasteiger partial charge in [-0.2, -0.15) is 4.74 Å². The van der Waals surface area contributed by atoms with E-state index in [1.165, 1.54) is 0 Å². The summed E-state index contributed by atoms with van der Waals surface area (Å²) in [5.74, 6) is -0.297. The van der Waals surface area contributed by atoms with E-state index < -0.39 is 11.8 Å². The third-order valence-electron chi connectivity index (χ3n) is 4.99. The quantitative estimate of drug-likeness (QED) is 0.549. The van der Waals surface area contributed by atoms with Crippen LogP contribution in [0.4, 0.5) is 0 Å². The van der Waals surface area contributed by atoms with Gasteiger partial charge in [0.15, 0.2) is 5.69 Å². The van der Waals surface area contributed by atoms with Crippen molar-refractivity contribution in [1.29, 1.82) is 0 Å². The van der Waals surface area contributed by atoms with Crippen molar-refractivity contribution in [1.82, 2.24) is 15.2 Å². The zero-order valence-electron chi connectivity index (χ0n) is 11.9. The van der Waals surface area contributed by atoms with Gasteiger partial charge in [-0.25, -0.2) is 9.53 Å². The lowest BCUT2D eigenvalue weighted by atomic mass is 9.76. The Morgan fingerprint density at radius 2 is 2.10 bits per heavy atom. The van der Waals surface area contributed by atoms with Crippen molar-refractivity contribution in [3.05, 3.63) is 16.6 Å².